The third kappa shape index (κ3) is 7.06. The summed E-state index contributed by atoms with van der Waals surface area (Å²) in [7, 11) is 0. The smallest absolute Gasteiger partial charge is 0.390 e. The van der Waals surface area contributed by atoms with E-state index in [0.29, 0.717) is 87.0 Å². The van der Waals surface area contributed by atoms with Gasteiger partial charge in [-0.05, 0) is 47.9 Å². The summed E-state index contributed by atoms with van der Waals surface area (Å²) in [5, 5.41) is 0. The molecule has 3 heterocycles. The first-order chi connectivity index (χ1) is 21.1. The minimum absolute atomic E-state index is 0.0333. The second-order valence-corrected chi connectivity index (χ2v) is 11.6. The second-order valence-electron chi connectivity index (χ2n) is 11.6. The van der Waals surface area contributed by atoms with Crippen LogP contribution < -0.4 is 4.90 Å². The first kappa shape index (κ1) is 30.5. The first-order valence-corrected chi connectivity index (χ1v) is 14.9. The Balaban J connectivity index is 1.15. The van der Waals surface area contributed by atoms with Crippen LogP contribution in [0.2, 0.25) is 0 Å². The molecule has 2 fully saturated rings. The zero-order chi connectivity index (χ0) is 30.8. The normalized spacial score (nSPS) is 17.1. The highest BCUT2D eigenvalue weighted by atomic mass is 19.4. The number of alkyl halides is 3. The Morgan fingerprint density at radius 3 is 2.27 bits per heavy atom. The van der Waals surface area contributed by atoms with Gasteiger partial charge in [-0.2, -0.15) is 13.2 Å². The Morgan fingerprint density at radius 2 is 1.59 bits per heavy atom. The third-order valence-electron chi connectivity index (χ3n) is 8.44. The highest BCUT2D eigenvalue weighted by Gasteiger charge is 2.29. The average Bonchev–Trinajstić information content (AvgIpc) is 3.41. The van der Waals surface area contributed by atoms with E-state index in [1.807, 2.05) is 34.9 Å². The van der Waals surface area contributed by atoms with Gasteiger partial charge in [-0.25, -0.2) is 13.8 Å². The van der Waals surface area contributed by atoms with Gasteiger partial charge in [-0.15, -0.1) is 0 Å². The Morgan fingerprint density at radius 1 is 0.864 bits per heavy atom. The lowest BCUT2D eigenvalue weighted by Gasteiger charge is -2.37. The van der Waals surface area contributed by atoms with Crippen LogP contribution in [0.5, 0.6) is 0 Å². The molecule has 6 rings (SSSR count). The van der Waals surface area contributed by atoms with Crippen LogP contribution in [0.3, 0.4) is 0 Å². The van der Waals surface area contributed by atoms with Crippen LogP contribution in [0.25, 0.3) is 22.2 Å². The van der Waals surface area contributed by atoms with E-state index in [0.717, 1.165) is 16.8 Å². The summed E-state index contributed by atoms with van der Waals surface area (Å²) in [6.45, 7) is 7.13. The number of halogens is 5. The van der Waals surface area contributed by atoms with Crippen molar-refractivity contribution >= 4 is 16.8 Å². The van der Waals surface area contributed by atoms with Crippen LogP contribution in [0.4, 0.5) is 27.6 Å². The summed E-state index contributed by atoms with van der Waals surface area (Å²) in [6, 6.07) is 14.2. The topological polar surface area (TPSA) is 45.0 Å². The molecule has 0 radical (unpaired) electrons. The summed E-state index contributed by atoms with van der Waals surface area (Å²) in [6.07, 6.45) is -4.49. The summed E-state index contributed by atoms with van der Waals surface area (Å²) < 4.78 is 79.6. The molecule has 6 nitrogen and oxygen atoms in total. The molecular formula is C33H35F5N4O2. The molecule has 3 aromatic carbocycles. The lowest BCUT2D eigenvalue weighted by Crippen LogP contribution is -2.47. The Bertz CT molecular complexity index is 1580. The van der Waals surface area contributed by atoms with E-state index in [-0.39, 0.29) is 18.7 Å². The van der Waals surface area contributed by atoms with E-state index in [1.165, 1.54) is 12.1 Å². The van der Waals surface area contributed by atoms with Gasteiger partial charge in [0.25, 0.3) is 0 Å². The summed E-state index contributed by atoms with van der Waals surface area (Å²) >= 11 is 0. The highest BCUT2D eigenvalue weighted by Crippen LogP contribution is 2.33. The van der Waals surface area contributed by atoms with Gasteiger partial charge in [0, 0.05) is 75.6 Å². The van der Waals surface area contributed by atoms with Crippen LogP contribution >= 0.6 is 0 Å². The van der Waals surface area contributed by atoms with Gasteiger partial charge in [-0.3, -0.25) is 9.80 Å². The number of hydrogen-bond donors (Lipinski definition) is 0. The van der Waals surface area contributed by atoms with E-state index < -0.39 is 24.2 Å². The number of morpholine rings is 1. The van der Waals surface area contributed by atoms with Crippen molar-refractivity contribution in [1.29, 1.82) is 0 Å². The minimum Gasteiger partial charge on any atom is -0.440 e. The van der Waals surface area contributed by atoms with Gasteiger partial charge in [-0.1, -0.05) is 24.3 Å². The molecule has 0 bridgehead atoms. The molecule has 0 unspecified atom stereocenters. The second kappa shape index (κ2) is 12.8. The van der Waals surface area contributed by atoms with E-state index >= 15 is 8.78 Å². The molecule has 0 N–H and O–H groups in total. The van der Waals surface area contributed by atoms with Gasteiger partial charge in [0.15, 0.2) is 11.5 Å². The molecule has 0 amide bonds. The lowest BCUT2D eigenvalue weighted by atomic mass is 10.0. The van der Waals surface area contributed by atoms with Crippen LogP contribution in [0.1, 0.15) is 29.0 Å². The molecule has 0 atom stereocenters. The van der Waals surface area contributed by atoms with Crippen molar-refractivity contribution in [3.05, 3.63) is 82.7 Å². The van der Waals surface area contributed by atoms with E-state index in [9.17, 15) is 13.2 Å². The maximum Gasteiger partial charge on any atom is 0.390 e. The number of nitrogens with zero attached hydrogens (tertiary/aromatic N) is 4. The van der Waals surface area contributed by atoms with Gasteiger partial charge >= 0.3 is 6.18 Å². The van der Waals surface area contributed by atoms with Crippen molar-refractivity contribution in [2.45, 2.75) is 32.5 Å². The maximum atomic E-state index is 15.2. The van der Waals surface area contributed by atoms with Gasteiger partial charge in [0.1, 0.15) is 17.2 Å². The molecule has 2 aliphatic rings. The Hall–Kier alpha value is -3.54. The lowest BCUT2D eigenvalue weighted by molar-refractivity contribution is -0.138. The Labute approximate surface area is 253 Å². The average molecular weight is 615 g/mol. The van der Waals surface area contributed by atoms with Crippen molar-refractivity contribution in [3.63, 3.8) is 0 Å². The summed E-state index contributed by atoms with van der Waals surface area (Å²) in [5.41, 5.74) is 5.19. The number of rotatable bonds is 8. The number of benzene rings is 3. The van der Waals surface area contributed by atoms with Gasteiger partial charge in [0.05, 0.1) is 19.6 Å². The number of ether oxygens (including phenoxy) is 1. The predicted molar refractivity (Wildman–Crippen MR) is 159 cm³/mol. The van der Waals surface area contributed by atoms with Crippen molar-refractivity contribution in [1.82, 2.24) is 14.8 Å². The molecular weight excluding hydrogens is 579 g/mol. The third-order valence-corrected chi connectivity index (χ3v) is 8.44. The highest BCUT2D eigenvalue weighted by molar-refractivity contribution is 5.90. The SMILES string of the molecule is Cc1cc(Cc2nc3cccc(-c4cc(F)c(CN5CCOCC5)c(F)c4)c3o2)ccc1N1CCN(CCC(F)(F)F)CC1. The monoisotopic (exact) mass is 614 g/mol. The molecule has 44 heavy (non-hydrogen) atoms. The molecule has 0 aliphatic carbocycles. The zero-order valence-corrected chi connectivity index (χ0v) is 24.6. The van der Waals surface area contributed by atoms with E-state index in [1.54, 1.807) is 12.1 Å². The van der Waals surface area contributed by atoms with Gasteiger partial charge < -0.3 is 14.1 Å². The van der Waals surface area contributed by atoms with Crippen LogP contribution in [-0.2, 0) is 17.7 Å². The van der Waals surface area contributed by atoms with Gasteiger partial charge in [0.2, 0.25) is 0 Å². The number of fused-ring (bicyclic) bond motifs is 1. The first-order valence-electron chi connectivity index (χ1n) is 14.9. The Kier molecular flexibility index (Phi) is 8.89. The minimum atomic E-state index is -4.13. The molecule has 0 saturated carbocycles. The van der Waals surface area contributed by atoms with Crippen molar-refractivity contribution in [3.8, 4) is 11.1 Å². The number of oxazole rings is 1. The van der Waals surface area contributed by atoms with Crippen LogP contribution in [0, 0.1) is 18.6 Å². The standard InChI is InChI=1S/C33H35F5N4O2/c1-22-17-23(5-6-30(22)42-11-9-40(10-12-42)8-7-33(36,37)38)18-31-39-29-4-2-3-25(32(29)44-31)24-19-27(34)26(28(35)20-24)21-41-13-15-43-16-14-41/h2-6,17,19-20H,7-16,18,21H2,1H3. The molecule has 234 valence electrons. The fourth-order valence-electron chi connectivity index (χ4n) is 6.04. The number of anilines is 1. The number of piperazine rings is 1. The number of aryl methyl sites for hydroxylation is 1. The van der Waals surface area contributed by atoms with Crippen LogP contribution in [-0.4, -0.2) is 80.0 Å². The predicted octanol–water partition coefficient (Wildman–Crippen LogP) is 6.58. The van der Waals surface area contributed by atoms with E-state index in [2.05, 4.69) is 16.0 Å². The fourth-order valence-corrected chi connectivity index (χ4v) is 6.04. The largest absolute Gasteiger partial charge is 0.440 e. The quantitative estimate of drug-likeness (QED) is 0.209. The molecule has 1 aromatic heterocycles. The molecule has 0 spiro atoms. The van der Waals surface area contributed by atoms with E-state index in [4.69, 9.17) is 9.15 Å². The molecule has 4 aromatic rings. The molecule has 2 aliphatic heterocycles. The number of para-hydroxylation sites is 1. The summed E-state index contributed by atoms with van der Waals surface area (Å²) in [5.74, 6) is -0.703. The molecule has 11 heteroatoms. The fraction of sp³-hybridized carbons (Fsp3) is 0.424. The van der Waals surface area contributed by atoms with Crippen LogP contribution in [0.15, 0.2) is 52.9 Å². The maximum absolute atomic E-state index is 15.2. The van der Waals surface area contributed by atoms with Crippen molar-refractivity contribution in [2.24, 2.45) is 0 Å². The van der Waals surface area contributed by atoms with Crippen molar-refractivity contribution in [2.75, 3.05) is 63.9 Å². The summed E-state index contributed by atoms with van der Waals surface area (Å²) in [4.78, 5) is 10.7. The zero-order valence-electron chi connectivity index (χ0n) is 24.6. The number of hydrogen-bond acceptors (Lipinski definition) is 6. The van der Waals surface area contributed by atoms with Crippen molar-refractivity contribution < 1.29 is 31.1 Å². The molecule has 2 saturated heterocycles. The number of aromatic nitrogens is 1.